The summed E-state index contributed by atoms with van der Waals surface area (Å²) in [5.41, 5.74) is 6.95. The van der Waals surface area contributed by atoms with Crippen LogP contribution in [-0.4, -0.2) is 11.1 Å². The van der Waals surface area contributed by atoms with Gasteiger partial charge in [-0.1, -0.05) is 24.3 Å². The maximum atomic E-state index is 12.1. The molecule has 0 spiro atoms. The van der Waals surface area contributed by atoms with Crippen molar-refractivity contribution in [1.29, 1.82) is 0 Å². The van der Waals surface area contributed by atoms with Crippen LogP contribution in [0.5, 0.6) is 11.5 Å². The van der Waals surface area contributed by atoms with Crippen LogP contribution >= 0.6 is 12.4 Å². The number of hydrogen-bond donors (Lipinski definition) is 2. The smallest absolute Gasteiger partial charge is 0.343 e. The molecule has 0 saturated heterocycles. The molecule has 0 aliphatic carbocycles. The molecule has 3 aromatic rings. The lowest BCUT2D eigenvalue weighted by molar-refractivity contribution is 0.0735. The van der Waals surface area contributed by atoms with E-state index in [2.05, 4.69) is 0 Å². The lowest BCUT2D eigenvalue weighted by Crippen LogP contribution is -2.08. The number of rotatable bonds is 3. The van der Waals surface area contributed by atoms with Crippen LogP contribution in [0, 0.1) is 0 Å². The first kappa shape index (κ1) is 16.8. The Morgan fingerprint density at radius 1 is 0.957 bits per heavy atom. The minimum absolute atomic E-state index is 0. The van der Waals surface area contributed by atoms with Gasteiger partial charge in [-0.15, -0.1) is 12.4 Å². The van der Waals surface area contributed by atoms with Crippen molar-refractivity contribution in [2.75, 3.05) is 0 Å². The molecule has 0 saturated carbocycles. The van der Waals surface area contributed by atoms with Gasteiger partial charge in [0.15, 0.2) is 0 Å². The lowest BCUT2D eigenvalue weighted by Gasteiger charge is -2.06. The number of esters is 1. The third kappa shape index (κ3) is 3.80. The Kier molecular flexibility index (Phi) is 5.21. The lowest BCUT2D eigenvalue weighted by atomic mass is 10.1. The summed E-state index contributed by atoms with van der Waals surface area (Å²) >= 11 is 0. The number of carbonyl (C=O) groups is 1. The summed E-state index contributed by atoms with van der Waals surface area (Å²) in [4.78, 5) is 12.1. The minimum Gasteiger partial charge on any atom is -0.508 e. The van der Waals surface area contributed by atoms with E-state index in [4.69, 9.17) is 10.5 Å². The number of nitrogens with two attached hydrogens (primary N) is 1. The van der Waals surface area contributed by atoms with Crippen molar-refractivity contribution in [3.63, 3.8) is 0 Å². The zero-order valence-electron chi connectivity index (χ0n) is 12.2. The molecular formula is C18H16ClNO3. The number of fused-ring (bicyclic) bond motifs is 1. The Morgan fingerprint density at radius 3 is 2.35 bits per heavy atom. The van der Waals surface area contributed by atoms with E-state index < -0.39 is 5.97 Å². The molecule has 0 aliphatic heterocycles. The van der Waals surface area contributed by atoms with E-state index in [1.807, 2.05) is 12.1 Å². The second-order valence-corrected chi connectivity index (χ2v) is 4.98. The molecule has 3 N–H and O–H groups in total. The van der Waals surface area contributed by atoms with Gasteiger partial charge in [-0.25, -0.2) is 4.79 Å². The van der Waals surface area contributed by atoms with Gasteiger partial charge in [0.05, 0.1) is 5.56 Å². The first-order valence-electron chi connectivity index (χ1n) is 6.90. The van der Waals surface area contributed by atoms with Gasteiger partial charge in [0.1, 0.15) is 11.5 Å². The quantitative estimate of drug-likeness (QED) is 0.568. The number of benzene rings is 3. The second-order valence-electron chi connectivity index (χ2n) is 4.98. The first-order valence-corrected chi connectivity index (χ1v) is 6.90. The highest BCUT2D eigenvalue weighted by molar-refractivity contribution is 5.92. The molecule has 5 heteroatoms. The van der Waals surface area contributed by atoms with Crippen molar-refractivity contribution < 1.29 is 14.6 Å². The summed E-state index contributed by atoms with van der Waals surface area (Å²) < 4.78 is 5.37. The van der Waals surface area contributed by atoms with E-state index >= 15 is 0 Å². The van der Waals surface area contributed by atoms with Gasteiger partial charge in [0.25, 0.3) is 0 Å². The van der Waals surface area contributed by atoms with Crippen LogP contribution in [-0.2, 0) is 6.54 Å². The zero-order valence-corrected chi connectivity index (χ0v) is 13.0. The third-order valence-electron chi connectivity index (χ3n) is 3.43. The maximum absolute atomic E-state index is 12.1. The number of carbonyl (C=O) groups excluding carboxylic acids is 1. The summed E-state index contributed by atoms with van der Waals surface area (Å²) in [6.07, 6.45) is 0. The summed E-state index contributed by atoms with van der Waals surface area (Å²) in [7, 11) is 0. The molecule has 0 aliphatic rings. The number of aromatic hydroxyl groups is 1. The molecule has 3 aromatic carbocycles. The van der Waals surface area contributed by atoms with E-state index in [1.54, 1.807) is 48.5 Å². The molecule has 4 nitrogen and oxygen atoms in total. The van der Waals surface area contributed by atoms with Gasteiger partial charge in [0, 0.05) is 6.54 Å². The van der Waals surface area contributed by atoms with Crippen LogP contribution < -0.4 is 10.5 Å². The Hall–Kier alpha value is -2.56. The molecule has 118 valence electrons. The Morgan fingerprint density at radius 2 is 1.65 bits per heavy atom. The Labute approximate surface area is 139 Å². The number of ether oxygens (including phenoxy) is 1. The molecule has 23 heavy (non-hydrogen) atoms. The minimum atomic E-state index is -0.428. The van der Waals surface area contributed by atoms with Crippen LogP contribution in [0.1, 0.15) is 15.9 Å². The van der Waals surface area contributed by atoms with Crippen molar-refractivity contribution in [1.82, 2.24) is 0 Å². The van der Waals surface area contributed by atoms with Gasteiger partial charge in [0.2, 0.25) is 0 Å². The number of halogens is 1. The molecular weight excluding hydrogens is 314 g/mol. The van der Waals surface area contributed by atoms with Crippen molar-refractivity contribution in [3.8, 4) is 11.5 Å². The molecule has 0 atom stereocenters. The molecule has 0 heterocycles. The van der Waals surface area contributed by atoms with Crippen LogP contribution in [0.15, 0.2) is 60.7 Å². The highest BCUT2D eigenvalue weighted by Gasteiger charge is 2.09. The molecule has 3 rings (SSSR count). The van der Waals surface area contributed by atoms with Crippen LogP contribution in [0.4, 0.5) is 0 Å². The SMILES string of the molecule is Cl.NCc1ccc(C(=O)Oc2ccc3ccc(O)cc3c2)cc1. The Bertz CT molecular complexity index is 831. The standard InChI is InChI=1S/C18H15NO3.ClH/c19-11-12-1-3-14(4-2-12)18(21)22-17-8-6-13-5-7-16(20)9-15(13)10-17;/h1-10,20H,11,19H2;1H. The van der Waals surface area contributed by atoms with Crippen molar-refractivity contribution in [2.24, 2.45) is 5.73 Å². The summed E-state index contributed by atoms with van der Waals surface area (Å²) in [5.74, 6) is 0.183. The molecule has 0 unspecified atom stereocenters. The fourth-order valence-corrected chi connectivity index (χ4v) is 2.22. The van der Waals surface area contributed by atoms with Crippen molar-refractivity contribution >= 4 is 29.1 Å². The van der Waals surface area contributed by atoms with Gasteiger partial charge < -0.3 is 15.6 Å². The van der Waals surface area contributed by atoms with Crippen LogP contribution in [0.2, 0.25) is 0 Å². The van der Waals surface area contributed by atoms with Crippen molar-refractivity contribution in [3.05, 3.63) is 71.8 Å². The van der Waals surface area contributed by atoms with Gasteiger partial charge >= 0.3 is 5.97 Å². The fourth-order valence-electron chi connectivity index (χ4n) is 2.22. The molecule has 0 bridgehead atoms. The maximum Gasteiger partial charge on any atom is 0.343 e. The molecule has 0 fully saturated rings. The predicted octanol–water partition coefficient (Wildman–Crippen LogP) is 3.65. The molecule has 0 amide bonds. The normalized spacial score (nSPS) is 10.1. The predicted molar refractivity (Wildman–Crippen MR) is 92.2 cm³/mol. The summed E-state index contributed by atoms with van der Waals surface area (Å²) in [6.45, 7) is 0.434. The van der Waals surface area contributed by atoms with E-state index in [0.717, 1.165) is 16.3 Å². The van der Waals surface area contributed by atoms with E-state index in [-0.39, 0.29) is 18.2 Å². The number of hydrogen-bond acceptors (Lipinski definition) is 4. The molecule has 0 aromatic heterocycles. The van der Waals surface area contributed by atoms with E-state index in [9.17, 15) is 9.90 Å². The average Bonchev–Trinajstić information content (AvgIpc) is 2.54. The van der Waals surface area contributed by atoms with Gasteiger partial charge in [-0.3, -0.25) is 0 Å². The topological polar surface area (TPSA) is 72.6 Å². The zero-order chi connectivity index (χ0) is 15.5. The van der Waals surface area contributed by atoms with Crippen LogP contribution in [0.3, 0.4) is 0 Å². The first-order chi connectivity index (χ1) is 10.7. The van der Waals surface area contributed by atoms with Crippen molar-refractivity contribution in [2.45, 2.75) is 6.54 Å². The van der Waals surface area contributed by atoms with Gasteiger partial charge in [-0.05, 0) is 52.7 Å². The highest BCUT2D eigenvalue weighted by Crippen LogP contribution is 2.25. The van der Waals surface area contributed by atoms with E-state index in [0.29, 0.717) is 17.9 Å². The summed E-state index contributed by atoms with van der Waals surface area (Å²) in [6, 6.07) is 17.3. The highest BCUT2D eigenvalue weighted by atomic mass is 35.5. The third-order valence-corrected chi connectivity index (χ3v) is 3.43. The molecule has 0 radical (unpaired) electrons. The number of phenolic OH excluding ortho intramolecular Hbond substituents is 1. The van der Waals surface area contributed by atoms with Crippen LogP contribution in [0.25, 0.3) is 10.8 Å². The fraction of sp³-hybridized carbons (Fsp3) is 0.0556. The average molecular weight is 330 g/mol. The number of phenols is 1. The van der Waals surface area contributed by atoms with Gasteiger partial charge in [-0.2, -0.15) is 0 Å². The summed E-state index contributed by atoms with van der Waals surface area (Å²) in [5, 5.41) is 11.3. The monoisotopic (exact) mass is 329 g/mol. The largest absolute Gasteiger partial charge is 0.508 e. The van der Waals surface area contributed by atoms with E-state index in [1.165, 1.54) is 0 Å². The Balaban J connectivity index is 0.00000192. The second kappa shape index (κ2) is 7.13.